The molecule has 4 nitrogen and oxygen atoms in total. The normalized spacial score (nSPS) is 11.6. The van der Waals surface area contributed by atoms with Crippen molar-refractivity contribution in [3.8, 4) is 0 Å². The van der Waals surface area contributed by atoms with E-state index in [1.807, 2.05) is 0 Å². The molecular formula is C6H6N2O2. The van der Waals surface area contributed by atoms with Gasteiger partial charge in [-0.2, -0.15) is 0 Å². The molecule has 0 spiro atoms. The number of benzene rings is 1. The molecule has 52 valence electrons. The molecule has 0 atom stereocenters. The summed E-state index contributed by atoms with van der Waals surface area (Å²) in [7, 11) is 0. The van der Waals surface area contributed by atoms with Crippen LogP contribution in [0.25, 0.3) is 0 Å². The number of nitrogens with zero attached hydrogens (tertiary/aromatic N) is 1. The first-order valence-corrected chi connectivity index (χ1v) is 2.64. The van der Waals surface area contributed by atoms with Crippen LogP contribution in [0, 0.1) is 10.1 Å². The fraction of sp³-hybridized carbons (Fsp3) is 0. The predicted molar refractivity (Wildman–Crippen MR) is 37.5 cm³/mol. The van der Waals surface area contributed by atoms with Crippen LogP contribution >= 0.6 is 0 Å². The number of para-hydroxylation sites is 2. The van der Waals surface area contributed by atoms with Crippen LogP contribution in [0.3, 0.4) is 0 Å². The fourth-order valence-corrected chi connectivity index (χ4v) is 0.619. The molecule has 0 amide bonds. The third kappa shape index (κ3) is 1.05. The fourth-order valence-electron chi connectivity index (χ4n) is 0.619. The maximum absolute atomic E-state index is 10.3. The molecule has 0 aromatic heterocycles. The van der Waals surface area contributed by atoms with Crippen LogP contribution in [-0.2, 0) is 0 Å². The Morgan fingerprint density at radius 3 is 2.80 bits per heavy atom. The van der Waals surface area contributed by atoms with E-state index in [-0.39, 0.29) is 17.1 Å². The van der Waals surface area contributed by atoms with Crippen LogP contribution in [0.4, 0.5) is 11.4 Å². The Morgan fingerprint density at radius 2 is 2.30 bits per heavy atom. The number of nitrogens with two attached hydrogens (primary N) is 1. The largest absolute Gasteiger partial charge is 0.393 e. The molecule has 0 aliphatic heterocycles. The van der Waals surface area contributed by atoms with Gasteiger partial charge in [-0.3, -0.25) is 10.1 Å². The highest BCUT2D eigenvalue weighted by Gasteiger charge is 2.07. The molecule has 1 rings (SSSR count). The van der Waals surface area contributed by atoms with Gasteiger partial charge < -0.3 is 5.72 Å². The summed E-state index contributed by atoms with van der Waals surface area (Å²) in [6, 6.07) is 5.63. The quantitative estimate of drug-likeness (QED) is 0.381. The van der Waals surface area contributed by atoms with Crippen molar-refractivity contribution in [2.75, 3.05) is 5.72 Å². The van der Waals surface area contributed by atoms with Gasteiger partial charge in [-0.15, -0.1) is 0 Å². The average molecular weight is 140 g/mol. The number of hydrogen-bond acceptors (Lipinski definition) is 3. The van der Waals surface area contributed by atoms with Crippen molar-refractivity contribution in [2.24, 2.45) is 0 Å². The Kier molecular flexibility index (Phi) is 1.00. The van der Waals surface area contributed by atoms with Crippen LogP contribution in [0.1, 0.15) is 0 Å². The molecule has 1 aromatic rings. The molecule has 4 heteroatoms. The van der Waals surface area contributed by atoms with Gasteiger partial charge in [0.2, 0.25) is 0 Å². The Balaban J connectivity index is 3.17. The zero-order chi connectivity index (χ0) is 9.14. The van der Waals surface area contributed by atoms with Crippen molar-refractivity contribution in [3.63, 3.8) is 0 Å². The Hall–Kier alpha value is -1.58. The average Bonchev–Trinajstić information content (AvgIpc) is 2.04. The highest BCUT2D eigenvalue weighted by Crippen LogP contribution is 2.18. The van der Waals surface area contributed by atoms with Crippen LogP contribution in [-0.4, -0.2) is 4.92 Å². The second kappa shape index (κ2) is 2.34. The minimum absolute atomic E-state index is 0.0394. The topological polar surface area (TPSA) is 69.2 Å². The van der Waals surface area contributed by atoms with Gasteiger partial charge in [-0.25, -0.2) is 0 Å². The Bertz CT molecular complexity index is 303. The number of anilines is 1. The molecule has 0 aliphatic carbocycles. The molecular weight excluding hydrogens is 132 g/mol. The number of nitro benzene ring substituents is 1. The van der Waals surface area contributed by atoms with E-state index in [9.17, 15) is 10.1 Å². The maximum Gasteiger partial charge on any atom is 0.292 e. The van der Waals surface area contributed by atoms with E-state index in [4.69, 9.17) is 2.82 Å². The lowest BCUT2D eigenvalue weighted by atomic mass is 10.3. The molecule has 0 saturated heterocycles. The maximum atomic E-state index is 10.3. The first-order valence-electron chi connectivity index (χ1n) is 3.53. The Morgan fingerprint density at radius 1 is 1.60 bits per heavy atom. The highest BCUT2D eigenvalue weighted by molar-refractivity contribution is 5.57. The van der Waals surface area contributed by atoms with Crippen LogP contribution < -0.4 is 5.72 Å². The summed E-state index contributed by atoms with van der Waals surface area (Å²) in [5.74, 6) is 0. The lowest BCUT2D eigenvalue weighted by molar-refractivity contribution is -0.383. The Labute approximate surface area is 60.4 Å². The van der Waals surface area contributed by atoms with Crippen molar-refractivity contribution in [2.45, 2.75) is 0 Å². The van der Waals surface area contributed by atoms with Crippen molar-refractivity contribution in [1.82, 2.24) is 0 Å². The summed E-state index contributed by atoms with van der Waals surface area (Å²) in [5.41, 5.74) is -0.0528. The van der Waals surface area contributed by atoms with Gasteiger partial charge in [-0.05, 0) is 6.07 Å². The van der Waals surface area contributed by atoms with Crippen LogP contribution in [0.5, 0.6) is 0 Å². The second-order valence-electron chi connectivity index (χ2n) is 1.75. The van der Waals surface area contributed by atoms with E-state index in [0.29, 0.717) is 0 Å². The summed E-state index contributed by atoms with van der Waals surface area (Å²) < 4.78 is 13.7. The molecule has 0 aliphatic rings. The van der Waals surface area contributed by atoms with E-state index < -0.39 is 4.92 Å². The minimum atomic E-state index is -0.620. The molecule has 2 N–H and O–H groups in total. The molecule has 0 radical (unpaired) electrons. The third-order valence-corrected chi connectivity index (χ3v) is 1.08. The molecule has 0 heterocycles. The third-order valence-electron chi connectivity index (χ3n) is 1.08. The molecule has 1 aromatic carbocycles. The van der Waals surface area contributed by atoms with Crippen molar-refractivity contribution < 1.29 is 7.75 Å². The number of hydrogen-bond donors (Lipinski definition) is 1. The van der Waals surface area contributed by atoms with Crippen molar-refractivity contribution >= 4 is 11.4 Å². The van der Waals surface area contributed by atoms with Crippen molar-refractivity contribution in [1.29, 1.82) is 0 Å². The zero-order valence-corrected chi connectivity index (χ0v) is 5.02. The molecule has 0 unspecified atom stereocenters. The summed E-state index contributed by atoms with van der Waals surface area (Å²) in [6.07, 6.45) is 0. The van der Waals surface area contributed by atoms with Gasteiger partial charge in [0, 0.05) is 6.07 Å². The standard InChI is InChI=1S/C6H6N2O2/c7-5-3-1-2-4-6(5)8(9)10/h1-4H,7H2/i/hD2. The van der Waals surface area contributed by atoms with Crippen LogP contribution in [0.2, 0.25) is 2.82 Å². The molecule has 0 bridgehead atoms. The lowest BCUT2D eigenvalue weighted by Crippen LogP contribution is -1.93. The SMILES string of the molecule is [2H]N([2H])c1ccccc1[N+](=O)[O-]. The number of rotatable bonds is 2. The summed E-state index contributed by atoms with van der Waals surface area (Å²) in [6.45, 7) is 0. The lowest BCUT2D eigenvalue weighted by Gasteiger charge is -1.92. The number of nitrogen functional groups attached to an aromatic ring is 1. The van der Waals surface area contributed by atoms with E-state index in [1.54, 1.807) is 6.07 Å². The van der Waals surface area contributed by atoms with Gasteiger partial charge in [0.05, 0.1) is 4.92 Å². The first kappa shape index (κ1) is 4.27. The monoisotopic (exact) mass is 140 g/mol. The van der Waals surface area contributed by atoms with E-state index in [2.05, 4.69) is 0 Å². The number of nitro groups is 1. The van der Waals surface area contributed by atoms with Crippen LogP contribution in [0.15, 0.2) is 24.3 Å². The van der Waals surface area contributed by atoms with Gasteiger partial charge in [0.25, 0.3) is 5.69 Å². The smallest absolute Gasteiger partial charge is 0.292 e. The summed E-state index contributed by atoms with van der Waals surface area (Å²) >= 11 is 0. The second-order valence-corrected chi connectivity index (χ2v) is 1.75. The summed E-state index contributed by atoms with van der Waals surface area (Å²) in [4.78, 5) is 9.72. The molecule has 10 heavy (non-hydrogen) atoms. The molecule has 0 fully saturated rings. The van der Waals surface area contributed by atoms with E-state index >= 15 is 0 Å². The highest BCUT2D eigenvalue weighted by atomic mass is 16.6. The van der Waals surface area contributed by atoms with E-state index in [0.717, 1.165) is 0 Å². The van der Waals surface area contributed by atoms with E-state index in [1.165, 1.54) is 18.2 Å². The van der Waals surface area contributed by atoms with Crippen molar-refractivity contribution in [3.05, 3.63) is 34.4 Å². The predicted octanol–water partition coefficient (Wildman–Crippen LogP) is 1.18. The molecule has 0 saturated carbocycles. The zero-order valence-electron chi connectivity index (χ0n) is 7.02. The van der Waals surface area contributed by atoms with Gasteiger partial charge in [-0.1, -0.05) is 12.1 Å². The van der Waals surface area contributed by atoms with Gasteiger partial charge >= 0.3 is 0 Å². The van der Waals surface area contributed by atoms with Gasteiger partial charge in [0.1, 0.15) is 5.69 Å². The van der Waals surface area contributed by atoms with Gasteiger partial charge in [0.15, 0.2) is 2.82 Å². The minimum Gasteiger partial charge on any atom is -0.393 e. The summed E-state index contributed by atoms with van der Waals surface area (Å²) in [5, 5.41) is 10.3. The first-order chi connectivity index (χ1) is 5.63.